The Labute approximate surface area is 144 Å². The van der Waals surface area contributed by atoms with Gasteiger partial charge < -0.3 is 10.6 Å². The van der Waals surface area contributed by atoms with Gasteiger partial charge in [0.2, 0.25) is 0 Å². The van der Waals surface area contributed by atoms with Crippen LogP contribution in [0.25, 0.3) is 11.2 Å². The molecule has 1 fully saturated rings. The molecule has 1 aliphatic heterocycles. The molecule has 3 heterocycles. The third kappa shape index (κ3) is 2.15. The Morgan fingerprint density at radius 2 is 2.08 bits per heavy atom. The lowest BCUT2D eigenvalue weighted by atomic mass is 9.73. The molecule has 0 unspecified atom stereocenters. The number of nitrogens with two attached hydrogens (primary N) is 1. The average Bonchev–Trinajstić information content (AvgIpc) is 3.20. The summed E-state index contributed by atoms with van der Waals surface area (Å²) in [6.45, 7) is 1.69. The van der Waals surface area contributed by atoms with E-state index in [1.54, 1.807) is 18.5 Å². The monoisotopic (exact) mass is 338 g/mol. The van der Waals surface area contributed by atoms with Gasteiger partial charge in [-0.15, -0.1) is 0 Å². The van der Waals surface area contributed by atoms with Crippen LogP contribution in [0.3, 0.4) is 0 Å². The molecule has 128 valence electrons. The first-order valence-corrected chi connectivity index (χ1v) is 8.60. The molecule has 25 heavy (non-hydrogen) atoms. The second-order valence-electron chi connectivity index (χ2n) is 7.14. The van der Waals surface area contributed by atoms with Crippen molar-refractivity contribution in [2.24, 2.45) is 11.1 Å². The second-order valence-corrected chi connectivity index (χ2v) is 7.14. The Hall–Kier alpha value is -2.54. The predicted molar refractivity (Wildman–Crippen MR) is 92.6 cm³/mol. The molecule has 2 aliphatic rings. The summed E-state index contributed by atoms with van der Waals surface area (Å²) in [4.78, 5) is 11.2. The molecule has 6 nitrogen and oxygen atoms in total. The smallest absolute Gasteiger partial charge is 0.176 e. The van der Waals surface area contributed by atoms with Crippen molar-refractivity contribution < 1.29 is 4.39 Å². The van der Waals surface area contributed by atoms with Crippen LogP contribution >= 0.6 is 0 Å². The number of H-pyrrole nitrogens is 1. The van der Waals surface area contributed by atoms with Gasteiger partial charge in [-0.1, -0.05) is 12.1 Å². The molecule has 0 amide bonds. The summed E-state index contributed by atoms with van der Waals surface area (Å²) in [5.74, 6) is 0.727. The van der Waals surface area contributed by atoms with E-state index >= 15 is 0 Å². The molecule has 0 saturated carbocycles. The first-order valence-electron chi connectivity index (χ1n) is 8.60. The maximum atomic E-state index is 14.2. The molecule has 1 aromatic carbocycles. The predicted octanol–water partition coefficient (Wildman–Crippen LogP) is 2.33. The third-order valence-corrected chi connectivity index (χ3v) is 5.91. The fraction of sp³-hybridized carbons (Fsp3) is 0.389. The number of rotatable bonds is 1. The lowest BCUT2D eigenvalue weighted by Crippen LogP contribution is -2.44. The van der Waals surface area contributed by atoms with Crippen LogP contribution in [0.2, 0.25) is 0 Å². The quantitative estimate of drug-likeness (QED) is 0.711. The summed E-state index contributed by atoms with van der Waals surface area (Å²) in [6, 6.07) is 5.18. The highest BCUT2D eigenvalue weighted by atomic mass is 19.1. The Morgan fingerprint density at radius 3 is 2.88 bits per heavy atom. The summed E-state index contributed by atoms with van der Waals surface area (Å²) in [5, 5.41) is 6.83. The summed E-state index contributed by atoms with van der Waals surface area (Å²) >= 11 is 0. The lowest BCUT2D eigenvalue weighted by molar-refractivity contribution is 0.186. The molecule has 7 heteroatoms. The van der Waals surface area contributed by atoms with Crippen molar-refractivity contribution in [3.63, 3.8) is 0 Å². The molecule has 0 radical (unpaired) electrons. The first-order chi connectivity index (χ1) is 12.2. The van der Waals surface area contributed by atoms with E-state index in [1.807, 2.05) is 6.07 Å². The summed E-state index contributed by atoms with van der Waals surface area (Å²) < 4.78 is 14.2. The number of aromatic amines is 1. The van der Waals surface area contributed by atoms with Crippen LogP contribution in [-0.4, -0.2) is 33.3 Å². The highest BCUT2D eigenvalue weighted by molar-refractivity contribution is 5.70. The Morgan fingerprint density at radius 1 is 1.24 bits per heavy atom. The zero-order valence-electron chi connectivity index (χ0n) is 13.7. The minimum Gasteiger partial charge on any atom is -0.355 e. The zero-order valence-corrected chi connectivity index (χ0v) is 13.7. The number of aromatic nitrogens is 4. The fourth-order valence-corrected chi connectivity index (χ4v) is 4.39. The fourth-order valence-electron chi connectivity index (χ4n) is 4.39. The molecule has 3 aromatic rings. The van der Waals surface area contributed by atoms with Crippen LogP contribution in [0.4, 0.5) is 10.2 Å². The molecule has 1 spiro atoms. The van der Waals surface area contributed by atoms with Crippen molar-refractivity contribution in [2.45, 2.75) is 25.3 Å². The van der Waals surface area contributed by atoms with Crippen molar-refractivity contribution in [1.29, 1.82) is 0 Å². The van der Waals surface area contributed by atoms with Gasteiger partial charge >= 0.3 is 0 Å². The van der Waals surface area contributed by atoms with Gasteiger partial charge in [-0.05, 0) is 41.9 Å². The van der Waals surface area contributed by atoms with Crippen molar-refractivity contribution >= 4 is 17.0 Å². The van der Waals surface area contributed by atoms with Crippen LogP contribution in [-0.2, 0) is 6.42 Å². The Kier molecular flexibility index (Phi) is 3.09. The van der Waals surface area contributed by atoms with Gasteiger partial charge in [0, 0.05) is 19.1 Å². The summed E-state index contributed by atoms with van der Waals surface area (Å²) in [6.07, 6.45) is 6.03. The summed E-state index contributed by atoms with van der Waals surface area (Å²) in [7, 11) is 0. The number of piperidine rings is 1. The van der Waals surface area contributed by atoms with Crippen LogP contribution in [0.1, 0.15) is 30.0 Å². The minimum absolute atomic E-state index is 0.0491. The van der Waals surface area contributed by atoms with E-state index in [0.717, 1.165) is 54.8 Å². The molecule has 1 aliphatic carbocycles. The van der Waals surface area contributed by atoms with E-state index in [4.69, 9.17) is 5.73 Å². The van der Waals surface area contributed by atoms with Crippen LogP contribution in [0.5, 0.6) is 0 Å². The van der Waals surface area contributed by atoms with Gasteiger partial charge in [-0.25, -0.2) is 14.4 Å². The van der Waals surface area contributed by atoms with Crippen LogP contribution < -0.4 is 10.6 Å². The van der Waals surface area contributed by atoms with E-state index in [9.17, 15) is 4.39 Å². The van der Waals surface area contributed by atoms with Crippen LogP contribution in [0.15, 0.2) is 30.6 Å². The number of benzene rings is 1. The number of hydrogen-bond donors (Lipinski definition) is 2. The molecule has 1 saturated heterocycles. The number of nitrogens with zero attached hydrogens (tertiary/aromatic N) is 4. The van der Waals surface area contributed by atoms with Crippen molar-refractivity contribution in [3.8, 4) is 0 Å². The van der Waals surface area contributed by atoms with Gasteiger partial charge in [0.25, 0.3) is 0 Å². The van der Waals surface area contributed by atoms with Crippen LogP contribution in [0, 0.1) is 11.2 Å². The normalized spacial score (nSPS) is 21.8. The summed E-state index contributed by atoms with van der Waals surface area (Å²) in [5.41, 5.74) is 9.74. The van der Waals surface area contributed by atoms with Gasteiger partial charge in [0.1, 0.15) is 17.2 Å². The molecule has 0 bridgehead atoms. The molecular weight excluding hydrogens is 319 g/mol. The van der Waals surface area contributed by atoms with Crippen molar-refractivity contribution in [3.05, 3.63) is 47.5 Å². The van der Waals surface area contributed by atoms with E-state index in [1.165, 1.54) is 6.07 Å². The first kappa shape index (κ1) is 14.8. The van der Waals surface area contributed by atoms with E-state index < -0.39 is 0 Å². The standard InChI is InChI=1S/C18H19FN6/c19-13-3-1-2-11-12(13)8-18(16(11)20)4-6-25(7-5-18)15-10-21-14-9-22-24-17(14)23-15/h1-3,9-10,16H,4-8,20H2,(H,22,23,24)/t16-/m1/s1. The Balaban J connectivity index is 1.39. The molecule has 1 atom stereocenters. The van der Waals surface area contributed by atoms with Crippen molar-refractivity contribution in [1.82, 2.24) is 20.2 Å². The van der Waals surface area contributed by atoms with Gasteiger partial charge in [-0.2, -0.15) is 5.10 Å². The van der Waals surface area contributed by atoms with E-state index in [0.29, 0.717) is 5.65 Å². The Bertz CT molecular complexity index is 944. The van der Waals surface area contributed by atoms with Crippen molar-refractivity contribution in [2.75, 3.05) is 18.0 Å². The maximum Gasteiger partial charge on any atom is 0.176 e. The zero-order chi connectivity index (χ0) is 17.0. The maximum absolute atomic E-state index is 14.2. The number of fused-ring (bicyclic) bond motifs is 2. The number of nitrogens with one attached hydrogen (secondary N) is 1. The van der Waals surface area contributed by atoms with Gasteiger partial charge in [-0.3, -0.25) is 5.10 Å². The number of hydrogen-bond acceptors (Lipinski definition) is 5. The van der Waals surface area contributed by atoms with E-state index in [2.05, 4.69) is 25.1 Å². The highest BCUT2D eigenvalue weighted by Gasteiger charge is 2.47. The number of halogens is 1. The SMILES string of the molecule is N[C@@H]1c2cccc(F)c2CC12CCN(c1cnc3cn[nH]c3n1)CC2. The molecular formula is C18H19FN6. The average molecular weight is 338 g/mol. The third-order valence-electron chi connectivity index (χ3n) is 5.91. The minimum atomic E-state index is -0.122. The van der Waals surface area contributed by atoms with E-state index in [-0.39, 0.29) is 17.3 Å². The second kappa shape index (κ2) is 5.23. The largest absolute Gasteiger partial charge is 0.355 e. The molecule has 3 N–H and O–H groups in total. The number of anilines is 1. The highest BCUT2D eigenvalue weighted by Crippen LogP contribution is 2.51. The topological polar surface area (TPSA) is 83.7 Å². The molecule has 5 rings (SSSR count). The lowest BCUT2D eigenvalue weighted by Gasteiger charge is -2.42. The molecule has 2 aromatic heterocycles. The van der Waals surface area contributed by atoms with Gasteiger partial charge in [0.15, 0.2) is 5.65 Å². The van der Waals surface area contributed by atoms with Gasteiger partial charge in [0.05, 0.1) is 12.4 Å².